The first-order chi connectivity index (χ1) is 10.6. The van der Waals surface area contributed by atoms with E-state index >= 15 is 0 Å². The number of rotatable bonds is 7. The molecule has 2 aromatic rings. The first-order valence-electron chi connectivity index (χ1n) is 7.14. The minimum absolute atomic E-state index is 0.0278. The number of anilines is 1. The number of hydrogen-bond donors (Lipinski definition) is 2. The Hall–Kier alpha value is -2.18. The highest BCUT2D eigenvalue weighted by Crippen LogP contribution is 2.17. The number of ether oxygens (including phenoxy) is 1. The Balaban J connectivity index is 2.14. The molecule has 1 amide bonds. The molecular formula is C16H21N3O3. The van der Waals surface area contributed by atoms with Crippen molar-refractivity contribution in [1.29, 1.82) is 0 Å². The van der Waals surface area contributed by atoms with Crippen LogP contribution in [0.25, 0.3) is 0 Å². The third kappa shape index (κ3) is 4.41. The second kappa shape index (κ2) is 7.72. The number of carbonyl (C=O) groups is 1. The first kappa shape index (κ1) is 16.2. The van der Waals surface area contributed by atoms with E-state index < -0.39 is 6.04 Å². The molecule has 6 nitrogen and oxygen atoms in total. The summed E-state index contributed by atoms with van der Waals surface area (Å²) in [6.07, 6.45) is 0. The zero-order valence-electron chi connectivity index (χ0n) is 13.0. The molecule has 0 aliphatic rings. The number of aryl methyl sites for hydroxylation is 1. The zero-order chi connectivity index (χ0) is 15.9. The summed E-state index contributed by atoms with van der Waals surface area (Å²) >= 11 is 0. The maximum absolute atomic E-state index is 12.6. The van der Waals surface area contributed by atoms with Crippen LogP contribution in [0.4, 0.5) is 5.82 Å². The average Bonchev–Trinajstić information content (AvgIpc) is 2.91. The van der Waals surface area contributed by atoms with Crippen LogP contribution < -0.4 is 10.6 Å². The number of amides is 1. The lowest BCUT2D eigenvalue weighted by atomic mass is 10.1. The normalized spacial score (nSPS) is 13.6. The van der Waals surface area contributed by atoms with Crippen LogP contribution in [-0.4, -0.2) is 30.8 Å². The third-order valence-electron chi connectivity index (χ3n) is 3.14. The minimum Gasteiger partial charge on any atom is -0.383 e. The van der Waals surface area contributed by atoms with Gasteiger partial charge >= 0.3 is 0 Å². The molecule has 0 aliphatic carbocycles. The van der Waals surface area contributed by atoms with Crippen LogP contribution in [0.5, 0.6) is 0 Å². The predicted molar refractivity (Wildman–Crippen MR) is 83.5 cm³/mol. The molecule has 2 N–H and O–H groups in total. The van der Waals surface area contributed by atoms with Gasteiger partial charge in [-0.05, 0) is 19.4 Å². The highest BCUT2D eigenvalue weighted by atomic mass is 16.5. The molecule has 0 saturated carbocycles. The standard InChI is InChI=1S/C16H21N3O3/c1-11(10-21-3)17-15(13-7-5-4-6-8-13)16(20)18-14-9-12(2)22-19-14/h4-9,11,15,17H,10H2,1-3H3,(H,18,19,20). The second-order valence-corrected chi connectivity index (χ2v) is 5.18. The van der Waals surface area contributed by atoms with Crippen LogP contribution in [0, 0.1) is 6.92 Å². The fourth-order valence-corrected chi connectivity index (χ4v) is 2.18. The van der Waals surface area contributed by atoms with Gasteiger partial charge in [0.25, 0.3) is 0 Å². The van der Waals surface area contributed by atoms with Crippen molar-refractivity contribution in [2.75, 3.05) is 19.0 Å². The Morgan fingerprint density at radius 1 is 1.36 bits per heavy atom. The van der Waals surface area contributed by atoms with Gasteiger partial charge in [0, 0.05) is 19.2 Å². The van der Waals surface area contributed by atoms with Crippen molar-refractivity contribution < 1.29 is 14.1 Å². The molecule has 0 spiro atoms. The number of carbonyl (C=O) groups excluding carboxylic acids is 1. The van der Waals surface area contributed by atoms with Gasteiger partial charge in [-0.15, -0.1) is 0 Å². The van der Waals surface area contributed by atoms with Gasteiger partial charge in [-0.3, -0.25) is 10.1 Å². The van der Waals surface area contributed by atoms with Gasteiger partial charge < -0.3 is 14.6 Å². The molecule has 118 valence electrons. The number of hydrogen-bond acceptors (Lipinski definition) is 5. The molecular weight excluding hydrogens is 282 g/mol. The molecule has 0 aliphatic heterocycles. The molecule has 2 unspecified atom stereocenters. The van der Waals surface area contributed by atoms with Gasteiger partial charge in [0.15, 0.2) is 5.82 Å². The predicted octanol–water partition coefficient (Wildman–Crippen LogP) is 2.29. The van der Waals surface area contributed by atoms with E-state index in [4.69, 9.17) is 9.26 Å². The van der Waals surface area contributed by atoms with E-state index in [1.54, 1.807) is 20.1 Å². The molecule has 1 aromatic carbocycles. The lowest BCUT2D eigenvalue weighted by Crippen LogP contribution is -2.40. The number of aromatic nitrogens is 1. The van der Waals surface area contributed by atoms with Gasteiger partial charge in [0.05, 0.1) is 6.61 Å². The van der Waals surface area contributed by atoms with Crippen LogP contribution in [0.3, 0.4) is 0 Å². The van der Waals surface area contributed by atoms with Crippen LogP contribution in [0.15, 0.2) is 40.9 Å². The summed E-state index contributed by atoms with van der Waals surface area (Å²) in [5.41, 5.74) is 0.878. The molecule has 0 radical (unpaired) electrons. The molecule has 0 bridgehead atoms. The van der Waals surface area contributed by atoms with Crippen molar-refractivity contribution in [3.8, 4) is 0 Å². The quantitative estimate of drug-likeness (QED) is 0.820. The van der Waals surface area contributed by atoms with Crippen molar-refractivity contribution in [3.63, 3.8) is 0 Å². The van der Waals surface area contributed by atoms with Crippen LogP contribution in [-0.2, 0) is 9.53 Å². The number of methoxy groups -OCH3 is 1. The smallest absolute Gasteiger partial charge is 0.247 e. The Morgan fingerprint density at radius 3 is 2.68 bits per heavy atom. The van der Waals surface area contributed by atoms with Crippen molar-refractivity contribution >= 4 is 11.7 Å². The highest BCUT2D eigenvalue weighted by Gasteiger charge is 2.23. The Bertz CT molecular complexity index is 598. The Kier molecular flexibility index (Phi) is 5.68. The van der Waals surface area contributed by atoms with Gasteiger partial charge in [-0.1, -0.05) is 35.5 Å². The topological polar surface area (TPSA) is 76.4 Å². The fraction of sp³-hybridized carbons (Fsp3) is 0.375. The summed E-state index contributed by atoms with van der Waals surface area (Å²) in [7, 11) is 1.63. The van der Waals surface area contributed by atoms with E-state index in [-0.39, 0.29) is 11.9 Å². The van der Waals surface area contributed by atoms with Gasteiger partial charge in [-0.2, -0.15) is 0 Å². The molecule has 22 heavy (non-hydrogen) atoms. The van der Waals surface area contributed by atoms with E-state index in [1.165, 1.54) is 0 Å². The van der Waals surface area contributed by atoms with Crippen LogP contribution in [0.2, 0.25) is 0 Å². The summed E-state index contributed by atoms with van der Waals surface area (Å²) in [6, 6.07) is 10.7. The van der Waals surface area contributed by atoms with Crippen molar-refractivity contribution in [2.24, 2.45) is 0 Å². The second-order valence-electron chi connectivity index (χ2n) is 5.18. The maximum atomic E-state index is 12.6. The summed E-state index contributed by atoms with van der Waals surface area (Å²) in [6.45, 7) is 4.25. The van der Waals surface area contributed by atoms with Crippen molar-refractivity contribution in [2.45, 2.75) is 25.9 Å². The Labute approximate surface area is 129 Å². The monoisotopic (exact) mass is 303 g/mol. The van der Waals surface area contributed by atoms with Gasteiger partial charge in [-0.25, -0.2) is 0 Å². The van der Waals surface area contributed by atoms with Crippen LogP contribution in [0.1, 0.15) is 24.3 Å². The molecule has 1 heterocycles. The fourth-order valence-electron chi connectivity index (χ4n) is 2.18. The molecule has 0 fully saturated rings. The molecule has 2 atom stereocenters. The van der Waals surface area contributed by atoms with E-state index in [1.807, 2.05) is 37.3 Å². The lowest BCUT2D eigenvalue weighted by molar-refractivity contribution is -0.118. The van der Waals surface area contributed by atoms with Crippen molar-refractivity contribution in [1.82, 2.24) is 10.5 Å². The van der Waals surface area contributed by atoms with Crippen LogP contribution >= 0.6 is 0 Å². The summed E-state index contributed by atoms with van der Waals surface area (Å²) in [5.74, 6) is 0.861. The van der Waals surface area contributed by atoms with E-state index in [0.29, 0.717) is 18.2 Å². The van der Waals surface area contributed by atoms with Crippen molar-refractivity contribution in [3.05, 3.63) is 47.7 Å². The Morgan fingerprint density at radius 2 is 2.09 bits per heavy atom. The number of nitrogens with one attached hydrogen (secondary N) is 2. The summed E-state index contributed by atoms with van der Waals surface area (Å²) in [5, 5.41) is 9.82. The van der Waals surface area contributed by atoms with Gasteiger partial charge in [0.1, 0.15) is 11.8 Å². The number of nitrogens with zero attached hydrogens (tertiary/aromatic N) is 1. The van der Waals surface area contributed by atoms with E-state index in [0.717, 1.165) is 5.56 Å². The minimum atomic E-state index is -0.497. The number of benzene rings is 1. The first-order valence-corrected chi connectivity index (χ1v) is 7.14. The van der Waals surface area contributed by atoms with Gasteiger partial charge in [0.2, 0.25) is 5.91 Å². The zero-order valence-corrected chi connectivity index (χ0v) is 13.0. The molecule has 6 heteroatoms. The van der Waals surface area contributed by atoms with E-state index in [2.05, 4.69) is 15.8 Å². The van der Waals surface area contributed by atoms with E-state index in [9.17, 15) is 4.79 Å². The largest absolute Gasteiger partial charge is 0.383 e. The SMILES string of the molecule is COCC(C)NC(C(=O)Nc1cc(C)on1)c1ccccc1. The average molecular weight is 303 g/mol. The maximum Gasteiger partial charge on any atom is 0.247 e. The summed E-state index contributed by atoms with van der Waals surface area (Å²) < 4.78 is 10.1. The highest BCUT2D eigenvalue weighted by molar-refractivity contribution is 5.94. The summed E-state index contributed by atoms with van der Waals surface area (Å²) in [4.78, 5) is 12.6. The molecule has 0 saturated heterocycles. The lowest BCUT2D eigenvalue weighted by Gasteiger charge is -2.22. The third-order valence-corrected chi connectivity index (χ3v) is 3.14. The molecule has 1 aromatic heterocycles. The molecule has 2 rings (SSSR count).